The van der Waals surface area contributed by atoms with Gasteiger partial charge in [-0.05, 0) is 152 Å². The Morgan fingerprint density at radius 2 is 1.75 bits per heavy atom. The lowest BCUT2D eigenvalue weighted by Gasteiger charge is -2.51. The van der Waals surface area contributed by atoms with E-state index in [0.29, 0.717) is 62.0 Å². The molecule has 3 aliphatic rings. The topological polar surface area (TPSA) is 133 Å². The number of anilines is 1. The molecule has 5 aromatic rings. The molecule has 0 aliphatic heterocycles. The minimum Gasteiger partial charge on any atom is -0.494 e. The molecule has 68 heavy (non-hydrogen) atoms. The Balaban J connectivity index is 1.00. The largest absolute Gasteiger partial charge is 0.494 e. The molecule has 0 radical (unpaired) electrons. The van der Waals surface area contributed by atoms with Gasteiger partial charge in [-0.1, -0.05) is 61.8 Å². The third kappa shape index (κ3) is 10.4. The van der Waals surface area contributed by atoms with E-state index in [2.05, 4.69) is 40.4 Å². The first-order valence-electron chi connectivity index (χ1n) is 23.5. The number of esters is 1. The van der Waals surface area contributed by atoms with E-state index in [1.54, 1.807) is 12.4 Å². The molecule has 358 valence electrons. The molecular formula is C53H57ClF3N5O6. The van der Waals surface area contributed by atoms with Gasteiger partial charge in [0, 0.05) is 40.3 Å². The Kier molecular flexibility index (Phi) is 14.7. The fourth-order valence-electron chi connectivity index (χ4n) is 11.0. The Morgan fingerprint density at radius 1 is 0.941 bits per heavy atom. The van der Waals surface area contributed by atoms with Gasteiger partial charge in [-0.25, -0.2) is 4.79 Å². The molecule has 0 bridgehead atoms. The van der Waals surface area contributed by atoms with Gasteiger partial charge in [0.05, 0.1) is 39.1 Å². The van der Waals surface area contributed by atoms with Gasteiger partial charge in [0.2, 0.25) is 5.91 Å². The number of methoxy groups -OCH3 is 1. The van der Waals surface area contributed by atoms with Crippen LogP contribution < -0.4 is 19.7 Å². The lowest BCUT2D eigenvalue weighted by Crippen LogP contribution is -2.63. The van der Waals surface area contributed by atoms with E-state index in [1.807, 2.05) is 54.7 Å². The molecule has 0 unspecified atom stereocenters. The molecule has 2 heterocycles. The van der Waals surface area contributed by atoms with Crippen LogP contribution in [0.1, 0.15) is 99.1 Å². The fourth-order valence-corrected chi connectivity index (χ4v) is 11.2. The number of amides is 2. The first kappa shape index (κ1) is 48.4. The molecule has 11 nitrogen and oxygen atoms in total. The van der Waals surface area contributed by atoms with Crippen molar-refractivity contribution in [2.45, 2.75) is 108 Å². The van der Waals surface area contributed by atoms with Crippen LogP contribution in [0.2, 0.25) is 5.02 Å². The number of halogens is 4. The van der Waals surface area contributed by atoms with Gasteiger partial charge in [0.1, 0.15) is 17.0 Å². The molecule has 1 N–H and O–H groups in total. The summed E-state index contributed by atoms with van der Waals surface area (Å²) in [5.74, 6) is -1.24. The van der Waals surface area contributed by atoms with E-state index in [-0.39, 0.29) is 47.7 Å². The van der Waals surface area contributed by atoms with Crippen LogP contribution >= 0.6 is 11.6 Å². The number of pyridine rings is 1. The maximum absolute atomic E-state index is 14.5. The predicted molar refractivity (Wildman–Crippen MR) is 253 cm³/mol. The molecule has 15 heteroatoms. The molecule has 3 atom stereocenters. The van der Waals surface area contributed by atoms with Crippen molar-refractivity contribution in [1.29, 1.82) is 0 Å². The summed E-state index contributed by atoms with van der Waals surface area (Å²) in [7, 11) is 1.13. The number of nitrogens with one attached hydrogen (secondary N) is 1. The van der Waals surface area contributed by atoms with Gasteiger partial charge in [0.15, 0.2) is 0 Å². The van der Waals surface area contributed by atoms with E-state index in [9.17, 15) is 27.6 Å². The Hall–Kier alpha value is -6.02. The Bertz CT molecular complexity index is 2610. The maximum atomic E-state index is 14.5. The Morgan fingerprint density at radius 3 is 2.50 bits per heavy atom. The normalized spacial score (nSPS) is 21.3. The number of aromatic nitrogens is 3. The molecule has 2 aromatic heterocycles. The van der Waals surface area contributed by atoms with E-state index in [0.717, 1.165) is 72.1 Å². The number of carbonyl (C=O) groups excluding carboxylic acids is 3. The van der Waals surface area contributed by atoms with Gasteiger partial charge in [-0.15, -0.1) is 0 Å². The zero-order valence-corrected chi connectivity index (χ0v) is 39.4. The second-order valence-electron chi connectivity index (χ2n) is 18.7. The van der Waals surface area contributed by atoms with Crippen LogP contribution in [0.5, 0.6) is 11.5 Å². The highest BCUT2D eigenvalue weighted by atomic mass is 35.5. The molecule has 0 saturated heterocycles. The summed E-state index contributed by atoms with van der Waals surface area (Å²) in [6.07, 6.45) is 5.55. The van der Waals surface area contributed by atoms with Gasteiger partial charge >= 0.3 is 18.1 Å². The average molecular weight is 953 g/mol. The van der Waals surface area contributed by atoms with Crippen LogP contribution in [0.3, 0.4) is 0 Å². The lowest BCUT2D eigenvalue weighted by atomic mass is 9.59. The smallest absolute Gasteiger partial charge is 0.471 e. The quantitative estimate of drug-likeness (QED) is 0.0758. The second-order valence-corrected chi connectivity index (χ2v) is 19.1. The second kappa shape index (κ2) is 20.7. The van der Waals surface area contributed by atoms with Crippen molar-refractivity contribution < 1.29 is 41.8 Å². The highest BCUT2D eigenvalue weighted by molar-refractivity contribution is 6.31. The molecule has 3 aromatic carbocycles. The summed E-state index contributed by atoms with van der Waals surface area (Å²) in [6, 6.07) is 23.2. The zero-order chi connectivity index (χ0) is 48.1. The summed E-state index contributed by atoms with van der Waals surface area (Å²) in [5, 5.41) is 10.9. The average Bonchev–Trinajstić information content (AvgIpc) is 3.61. The molecular weight excluding hydrogens is 895 g/mol. The number of hydrogen-bond donors (Lipinski definition) is 1. The first-order chi connectivity index (χ1) is 32.7. The summed E-state index contributed by atoms with van der Waals surface area (Å²) in [5.41, 5.74) is 4.45. The number of benzene rings is 3. The van der Waals surface area contributed by atoms with Crippen molar-refractivity contribution >= 4 is 35.1 Å². The number of alkyl halides is 3. The zero-order valence-electron chi connectivity index (χ0n) is 38.6. The van der Waals surface area contributed by atoms with Crippen LogP contribution in [-0.4, -0.2) is 71.5 Å². The number of nitrogens with zero attached hydrogens (tertiary/aromatic N) is 4. The minimum absolute atomic E-state index is 0.0301. The number of aryl methyl sites for hydroxylation is 1. The molecule has 1 fully saturated rings. The van der Waals surface area contributed by atoms with Gasteiger partial charge < -0.3 is 19.5 Å². The molecule has 3 aliphatic carbocycles. The first-order valence-corrected chi connectivity index (χ1v) is 23.8. The summed E-state index contributed by atoms with van der Waals surface area (Å²) < 4.78 is 61.8. The van der Waals surface area contributed by atoms with Crippen LogP contribution in [0.25, 0.3) is 11.1 Å². The monoisotopic (exact) mass is 951 g/mol. The number of hydrogen-bond acceptors (Lipinski definition) is 9. The Labute approximate surface area is 400 Å². The molecule has 2 amide bonds. The molecule has 1 spiro atoms. The summed E-state index contributed by atoms with van der Waals surface area (Å²) >= 11 is 6.29. The van der Waals surface area contributed by atoms with Crippen LogP contribution in [-0.2, 0) is 43.8 Å². The summed E-state index contributed by atoms with van der Waals surface area (Å²) in [4.78, 5) is 45.6. The van der Waals surface area contributed by atoms with Crippen LogP contribution in [0, 0.1) is 11.8 Å². The number of fused-ring (bicyclic) bond motifs is 3. The summed E-state index contributed by atoms with van der Waals surface area (Å²) in [6.45, 7) is 5.56. The van der Waals surface area contributed by atoms with Gasteiger partial charge in [-0.3, -0.25) is 19.5 Å². The fraction of sp³-hybridized carbons (Fsp3) is 0.434. The highest BCUT2D eigenvalue weighted by Crippen LogP contribution is 2.58. The van der Waals surface area contributed by atoms with Crippen molar-refractivity contribution in [3.05, 3.63) is 130 Å². The third-order valence-electron chi connectivity index (χ3n) is 14.2. The molecule has 8 rings (SSSR count). The van der Waals surface area contributed by atoms with Crippen molar-refractivity contribution in [3.8, 4) is 22.6 Å². The van der Waals surface area contributed by atoms with E-state index in [1.165, 1.54) is 29.8 Å². The van der Waals surface area contributed by atoms with Crippen molar-refractivity contribution in [2.24, 2.45) is 11.8 Å². The number of carbonyl (C=O) groups is 3. The maximum Gasteiger partial charge on any atom is 0.471 e. The third-order valence-corrected chi connectivity index (χ3v) is 14.5. The van der Waals surface area contributed by atoms with E-state index in [4.69, 9.17) is 25.8 Å². The standard InChI is InChI=1S/C53H57ClF3N5O6/c1-34(33-68-46-17-23-58-45-13-4-8-35(2)48(45)46)26-40-29-38-14-15-43(67-25-7-22-59-47(63)28-36-9-5-10-37(27-36)39-16-24-60-61-32-39)31-44(38)51(40)18-20-52(21-19-51,50(65)66-3)62(49(64)53(55,56)57)42-12-6-11-41(54)30-42/h5-6,9-12,14-17,23-24,27,30-32,34-35,40H,4,7-8,13,18-22,25-26,28-29,33H2,1-3H3,(H,59,63)/t34-,35-,40+,51?,52?/m1/s1. The SMILES string of the molecule is COC(=O)C1(N(C(=O)C(F)(F)F)c2cccc(Cl)c2)CCC2(CC1)c1cc(OCCCNC(=O)Cc3cccc(-c4ccnnc4)c3)ccc1C[C@@H]2C[C@@H](C)COc1ccnc2c1[C@H](C)CCC2. The van der Waals surface area contributed by atoms with Crippen LogP contribution in [0.4, 0.5) is 18.9 Å². The van der Waals surface area contributed by atoms with Crippen LogP contribution in [0.15, 0.2) is 97.5 Å². The van der Waals surface area contributed by atoms with E-state index < -0.39 is 29.0 Å². The number of rotatable bonds is 16. The van der Waals surface area contributed by atoms with E-state index >= 15 is 0 Å². The van der Waals surface area contributed by atoms with Gasteiger partial charge in [0.25, 0.3) is 0 Å². The van der Waals surface area contributed by atoms with Crippen molar-refractivity contribution in [1.82, 2.24) is 20.5 Å². The number of ether oxygens (including phenoxy) is 3. The van der Waals surface area contributed by atoms with Crippen molar-refractivity contribution in [2.75, 3.05) is 31.8 Å². The highest BCUT2D eigenvalue weighted by Gasteiger charge is 2.60. The molecule has 1 saturated carbocycles. The minimum atomic E-state index is -5.29. The lowest BCUT2D eigenvalue weighted by molar-refractivity contribution is -0.174. The van der Waals surface area contributed by atoms with Gasteiger partial charge in [-0.2, -0.15) is 23.4 Å². The predicted octanol–water partition coefficient (Wildman–Crippen LogP) is 10.4. The van der Waals surface area contributed by atoms with Crippen molar-refractivity contribution in [3.63, 3.8) is 0 Å².